The van der Waals surface area contributed by atoms with Gasteiger partial charge in [-0.3, -0.25) is 4.79 Å². The first-order chi connectivity index (χ1) is 8.04. The van der Waals surface area contributed by atoms with Gasteiger partial charge in [-0.05, 0) is 12.8 Å². The Morgan fingerprint density at radius 2 is 1.82 bits per heavy atom. The molecule has 0 saturated carbocycles. The quantitative estimate of drug-likeness (QED) is 0.748. The Bertz CT molecular complexity index is 305. The molecule has 0 radical (unpaired) electrons. The minimum atomic E-state index is -0.0875. The Morgan fingerprint density at radius 3 is 2.29 bits per heavy atom. The van der Waals surface area contributed by atoms with Crippen molar-refractivity contribution in [3.05, 3.63) is 11.8 Å². The first-order valence-corrected chi connectivity index (χ1v) is 5.96. The maximum Gasteiger partial charge on any atom is 0.321 e. The van der Waals surface area contributed by atoms with E-state index >= 15 is 0 Å². The van der Waals surface area contributed by atoms with Crippen LogP contribution in [-0.4, -0.2) is 48.4 Å². The van der Waals surface area contributed by atoms with Crippen LogP contribution in [0.1, 0.15) is 20.8 Å². The van der Waals surface area contributed by atoms with Crippen LogP contribution in [-0.2, 0) is 4.79 Å². The zero-order chi connectivity index (χ0) is 12.8. The van der Waals surface area contributed by atoms with Gasteiger partial charge in [-0.25, -0.2) is 4.79 Å². The zero-order valence-corrected chi connectivity index (χ0v) is 10.8. The van der Waals surface area contributed by atoms with Crippen LogP contribution >= 0.6 is 0 Å². The number of urea groups is 1. The molecule has 0 spiro atoms. The molecule has 0 aromatic rings. The van der Waals surface area contributed by atoms with Crippen molar-refractivity contribution in [2.75, 3.05) is 26.2 Å². The zero-order valence-electron chi connectivity index (χ0n) is 10.8. The summed E-state index contributed by atoms with van der Waals surface area (Å²) in [5, 5.41) is 2.78. The van der Waals surface area contributed by atoms with E-state index < -0.39 is 0 Å². The average Bonchev–Trinajstić information content (AvgIpc) is 2.35. The van der Waals surface area contributed by atoms with Crippen LogP contribution in [0.3, 0.4) is 0 Å². The first kappa shape index (κ1) is 13.5. The molecule has 0 atom stereocenters. The minimum absolute atomic E-state index is 0.0875. The fourth-order valence-electron chi connectivity index (χ4n) is 1.46. The van der Waals surface area contributed by atoms with Gasteiger partial charge in [0.1, 0.15) is 0 Å². The molecular formula is C12H21N3O2. The van der Waals surface area contributed by atoms with Crippen molar-refractivity contribution in [1.82, 2.24) is 15.1 Å². The van der Waals surface area contributed by atoms with Crippen molar-refractivity contribution < 1.29 is 9.59 Å². The smallest absolute Gasteiger partial charge is 0.321 e. The maximum atomic E-state index is 11.8. The molecule has 0 aromatic carbocycles. The van der Waals surface area contributed by atoms with E-state index in [1.54, 1.807) is 16.0 Å². The number of hydrogen-bond acceptors (Lipinski definition) is 2. The van der Waals surface area contributed by atoms with E-state index in [-0.39, 0.29) is 6.03 Å². The van der Waals surface area contributed by atoms with E-state index in [1.807, 2.05) is 6.92 Å². The lowest BCUT2D eigenvalue weighted by molar-refractivity contribution is -0.119. The highest BCUT2D eigenvalue weighted by atomic mass is 16.2. The lowest BCUT2D eigenvalue weighted by Crippen LogP contribution is -2.50. The number of piperazine rings is 1. The predicted molar refractivity (Wildman–Crippen MR) is 66.3 cm³/mol. The Balaban J connectivity index is 2.39. The lowest BCUT2D eigenvalue weighted by atomic mass is 10.1. The van der Waals surface area contributed by atoms with E-state index in [9.17, 15) is 9.59 Å². The van der Waals surface area contributed by atoms with E-state index in [0.29, 0.717) is 32.1 Å². The van der Waals surface area contributed by atoms with Gasteiger partial charge in [0.15, 0.2) is 0 Å². The second-order valence-corrected chi connectivity index (χ2v) is 4.62. The Labute approximate surface area is 102 Å². The molecule has 1 N–H and O–H groups in total. The summed E-state index contributed by atoms with van der Waals surface area (Å²) in [6.45, 7) is 8.59. The van der Waals surface area contributed by atoms with Crippen LogP contribution in [0.2, 0.25) is 0 Å². The first-order valence-electron chi connectivity index (χ1n) is 5.96. The summed E-state index contributed by atoms with van der Waals surface area (Å²) < 4.78 is 0. The van der Waals surface area contributed by atoms with Gasteiger partial charge in [0.25, 0.3) is 0 Å². The van der Waals surface area contributed by atoms with Crippen molar-refractivity contribution in [1.29, 1.82) is 0 Å². The molecule has 1 aliphatic rings. The van der Waals surface area contributed by atoms with Crippen LogP contribution in [0.5, 0.6) is 0 Å². The maximum absolute atomic E-state index is 11.8. The molecule has 0 aliphatic carbocycles. The van der Waals surface area contributed by atoms with Crippen molar-refractivity contribution in [3.8, 4) is 0 Å². The molecule has 0 unspecified atom stereocenters. The fourth-order valence-corrected chi connectivity index (χ4v) is 1.46. The summed E-state index contributed by atoms with van der Waals surface area (Å²) in [5.41, 5.74) is 1.14. The Morgan fingerprint density at radius 1 is 1.24 bits per heavy atom. The van der Waals surface area contributed by atoms with Gasteiger partial charge in [0.05, 0.1) is 0 Å². The molecule has 1 fully saturated rings. The molecule has 5 heteroatoms. The summed E-state index contributed by atoms with van der Waals surface area (Å²) in [5.74, 6) is 0.433. The number of carbonyl (C=O) groups is 2. The number of hydrogen-bond donors (Lipinski definition) is 1. The minimum Gasteiger partial charge on any atom is -0.342 e. The summed E-state index contributed by atoms with van der Waals surface area (Å²) in [6, 6.07) is -0.0875. The monoisotopic (exact) mass is 239 g/mol. The van der Waals surface area contributed by atoms with Gasteiger partial charge >= 0.3 is 6.03 Å². The number of amides is 3. The fraction of sp³-hybridized carbons (Fsp3) is 0.667. The van der Waals surface area contributed by atoms with Gasteiger partial charge in [-0.2, -0.15) is 0 Å². The Hall–Kier alpha value is -1.52. The second-order valence-electron chi connectivity index (χ2n) is 4.62. The lowest BCUT2D eigenvalue weighted by Gasteiger charge is -2.32. The van der Waals surface area contributed by atoms with Crippen LogP contribution < -0.4 is 5.32 Å². The van der Waals surface area contributed by atoms with E-state index in [2.05, 4.69) is 19.2 Å². The molecule has 3 amide bonds. The number of nitrogens with one attached hydrogen (secondary N) is 1. The van der Waals surface area contributed by atoms with Gasteiger partial charge in [-0.1, -0.05) is 19.4 Å². The molecule has 0 bridgehead atoms. The van der Waals surface area contributed by atoms with Gasteiger partial charge < -0.3 is 15.1 Å². The van der Waals surface area contributed by atoms with E-state index in [1.165, 1.54) is 0 Å². The summed E-state index contributed by atoms with van der Waals surface area (Å²) >= 11 is 0. The molecular weight excluding hydrogens is 218 g/mol. The number of nitrogens with zero attached hydrogens (tertiary/aromatic N) is 2. The van der Waals surface area contributed by atoms with Crippen molar-refractivity contribution >= 4 is 12.4 Å². The second kappa shape index (κ2) is 6.27. The highest BCUT2D eigenvalue weighted by Gasteiger charge is 2.19. The van der Waals surface area contributed by atoms with Crippen LogP contribution in [0.15, 0.2) is 11.8 Å². The van der Waals surface area contributed by atoms with Crippen LogP contribution in [0, 0.1) is 5.92 Å². The van der Waals surface area contributed by atoms with Crippen molar-refractivity contribution in [2.45, 2.75) is 20.8 Å². The van der Waals surface area contributed by atoms with E-state index in [4.69, 9.17) is 0 Å². The molecule has 1 heterocycles. The largest absolute Gasteiger partial charge is 0.342 e. The van der Waals surface area contributed by atoms with Gasteiger partial charge in [0.2, 0.25) is 6.41 Å². The third kappa shape index (κ3) is 4.09. The topological polar surface area (TPSA) is 52.7 Å². The standard InChI is InChI=1S/C12H21N3O2/c1-10(2)11(3)8-13-12(17)15-6-4-14(9-16)5-7-15/h8-10H,4-7H2,1-3H3,(H,13,17)/b11-8+. The van der Waals surface area contributed by atoms with Gasteiger partial charge in [-0.15, -0.1) is 0 Å². The average molecular weight is 239 g/mol. The number of carbonyl (C=O) groups excluding carboxylic acids is 2. The molecule has 1 saturated heterocycles. The van der Waals surface area contributed by atoms with Crippen LogP contribution in [0.25, 0.3) is 0 Å². The Kier molecular flexibility index (Phi) is 5.00. The van der Waals surface area contributed by atoms with Crippen molar-refractivity contribution in [3.63, 3.8) is 0 Å². The van der Waals surface area contributed by atoms with Gasteiger partial charge in [0, 0.05) is 32.4 Å². The predicted octanol–water partition coefficient (Wildman–Crippen LogP) is 1.03. The number of rotatable bonds is 3. The molecule has 0 aromatic heterocycles. The highest BCUT2D eigenvalue weighted by molar-refractivity contribution is 5.75. The summed E-state index contributed by atoms with van der Waals surface area (Å²) in [4.78, 5) is 25.7. The normalized spacial score (nSPS) is 17.3. The highest BCUT2D eigenvalue weighted by Crippen LogP contribution is 2.06. The summed E-state index contributed by atoms with van der Waals surface area (Å²) in [6.07, 6.45) is 2.59. The molecule has 17 heavy (non-hydrogen) atoms. The molecule has 96 valence electrons. The van der Waals surface area contributed by atoms with Crippen molar-refractivity contribution in [2.24, 2.45) is 5.92 Å². The molecule has 1 aliphatic heterocycles. The molecule has 1 rings (SSSR count). The third-order valence-electron chi connectivity index (χ3n) is 3.08. The third-order valence-corrected chi connectivity index (χ3v) is 3.08. The molecule has 5 nitrogen and oxygen atoms in total. The number of allylic oxidation sites excluding steroid dienone is 1. The van der Waals surface area contributed by atoms with E-state index in [0.717, 1.165) is 12.0 Å². The SMILES string of the molecule is C/C(=C\NC(=O)N1CCN(C=O)CC1)C(C)C. The summed E-state index contributed by atoms with van der Waals surface area (Å²) in [7, 11) is 0. The van der Waals surface area contributed by atoms with Crippen LogP contribution in [0.4, 0.5) is 4.79 Å².